The van der Waals surface area contributed by atoms with Gasteiger partial charge in [0.25, 0.3) is 0 Å². The molecule has 0 aromatic rings. The Labute approximate surface area is 191 Å². The van der Waals surface area contributed by atoms with Crippen molar-refractivity contribution in [2.45, 2.75) is 90.9 Å². The summed E-state index contributed by atoms with van der Waals surface area (Å²) in [5.41, 5.74) is 0. The second-order valence-electron chi connectivity index (χ2n) is 5.96. The molecule has 4 heteroatoms. The average molecular weight is 363 g/mol. The first kappa shape index (κ1) is 26.5. The van der Waals surface area contributed by atoms with E-state index < -0.39 is 11.9 Å². The fourth-order valence-electron chi connectivity index (χ4n) is 2.38. The van der Waals surface area contributed by atoms with Gasteiger partial charge in [-0.3, -0.25) is 4.79 Å². The van der Waals surface area contributed by atoms with E-state index in [9.17, 15) is 9.59 Å². The van der Waals surface area contributed by atoms with Crippen LogP contribution in [0.3, 0.4) is 0 Å². The fourth-order valence-corrected chi connectivity index (χ4v) is 2.38. The van der Waals surface area contributed by atoms with Gasteiger partial charge in [0, 0.05) is 12.5 Å². The summed E-state index contributed by atoms with van der Waals surface area (Å²) in [5, 5.41) is 0. The molecule has 0 aliphatic rings. The Morgan fingerprint density at radius 3 is 1.79 bits per heavy atom. The Morgan fingerprint density at radius 1 is 0.792 bits per heavy atom. The van der Waals surface area contributed by atoms with Crippen molar-refractivity contribution in [1.82, 2.24) is 0 Å². The van der Waals surface area contributed by atoms with E-state index in [-0.39, 0.29) is 51.4 Å². The van der Waals surface area contributed by atoms with Crippen molar-refractivity contribution in [3.8, 4) is 0 Å². The number of ether oxygens (including phenoxy) is 1. The predicted molar refractivity (Wildman–Crippen MR) is 103 cm³/mol. The van der Waals surface area contributed by atoms with Gasteiger partial charge in [-0.2, -0.15) is 0 Å². The first-order valence-corrected chi connectivity index (χ1v) is 9.24. The van der Waals surface area contributed by atoms with Crippen LogP contribution in [0.4, 0.5) is 0 Å². The second-order valence-corrected chi connectivity index (χ2v) is 5.96. The zero-order valence-corrected chi connectivity index (χ0v) is 15.0. The van der Waals surface area contributed by atoms with Crippen LogP contribution in [0.5, 0.6) is 0 Å². The van der Waals surface area contributed by atoms with Crippen LogP contribution in [-0.4, -0.2) is 63.3 Å². The molecule has 0 heterocycles. The van der Waals surface area contributed by atoms with E-state index in [2.05, 4.69) is 6.92 Å². The van der Waals surface area contributed by atoms with Crippen molar-refractivity contribution in [3.05, 3.63) is 24.3 Å². The van der Waals surface area contributed by atoms with Crippen LogP contribution in [0.1, 0.15) is 90.9 Å². The number of allylic oxidation sites excluding steroid dienone is 3. The molecule has 0 aromatic heterocycles. The minimum atomic E-state index is -0.587. The normalized spacial score (nSPS) is 10.9. The molecule has 0 spiro atoms. The molecule has 3 nitrogen and oxygen atoms in total. The van der Waals surface area contributed by atoms with Gasteiger partial charge in [0.05, 0.1) is 0 Å². The molecule has 134 valence electrons. The van der Waals surface area contributed by atoms with Gasteiger partial charge in [-0.25, -0.2) is 4.79 Å². The third-order valence-corrected chi connectivity index (χ3v) is 3.73. The monoisotopic (exact) mass is 362 g/mol. The summed E-state index contributed by atoms with van der Waals surface area (Å²) in [7, 11) is 0. The second kappa shape index (κ2) is 21.3. The summed E-state index contributed by atoms with van der Waals surface area (Å²) in [6.45, 7) is 4.10. The fraction of sp³-hybridized carbons (Fsp3) is 0.700. The molecule has 0 amide bonds. The van der Waals surface area contributed by atoms with Crippen molar-refractivity contribution in [3.63, 3.8) is 0 Å². The molecule has 0 rings (SSSR count). The first-order chi connectivity index (χ1) is 11.2. The number of carbonyl (C=O) groups is 2. The van der Waals surface area contributed by atoms with Crippen LogP contribution < -0.4 is 0 Å². The molecule has 0 saturated carbocycles. The van der Waals surface area contributed by atoms with E-state index in [1.165, 1.54) is 57.4 Å². The molecule has 0 saturated heterocycles. The van der Waals surface area contributed by atoms with Gasteiger partial charge in [0.15, 0.2) is 0 Å². The standard InChI is InChI=1S/C20H34O3.K.H/c1-3-5-7-8-9-10-11-12-13-14-16-18-20(22)23-19(21)17-15-6-4-2;;/h4,6,15,17H,3,5,7-14,16,18H2,1-2H3;;/b6-4+,17-15+;;. The van der Waals surface area contributed by atoms with Gasteiger partial charge in [-0.05, 0) is 13.3 Å². The van der Waals surface area contributed by atoms with Gasteiger partial charge in [-0.1, -0.05) is 89.4 Å². The maximum absolute atomic E-state index is 11.5. The summed E-state index contributed by atoms with van der Waals surface area (Å²) in [6.07, 6.45) is 20.3. The third-order valence-electron chi connectivity index (χ3n) is 3.73. The molecule has 0 N–H and O–H groups in total. The maximum atomic E-state index is 11.5. The molecule has 0 atom stereocenters. The Balaban J connectivity index is 0. The first-order valence-electron chi connectivity index (χ1n) is 9.24. The van der Waals surface area contributed by atoms with Crippen LogP contribution in [0, 0.1) is 0 Å². The van der Waals surface area contributed by atoms with Crippen molar-refractivity contribution in [1.29, 1.82) is 0 Å². The third kappa shape index (κ3) is 20.3. The topological polar surface area (TPSA) is 43.4 Å². The SMILES string of the molecule is C/C=C/C=C/C(=O)OC(=O)CCCCCCCCCCCCC.[KH]. The Kier molecular flexibility index (Phi) is 23.5. The Bertz CT molecular complexity index is 362. The summed E-state index contributed by atoms with van der Waals surface area (Å²) < 4.78 is 4.69. The van der Waals surface area contributed by atoms with Crippen molar-refractivity contribution >= 4 is 63.3 Å². The van der Waals surface area contributed by atoms with Crippen LogP contribution in [0.2, 0.25) is 0 Å². The molecule has 0 unspecified atom stereocenters. The molecular formula is C20H35KO3. The number of rotatable bonds is 14. The quantitative estimate of drug-likeness (QED) is 0.106. The zero-order valence-electron chi connectivity index (χ0n) is 15.0. The summed E-state index contributed by atoms with van der Waals surface area (Å²) in [5.74, 6) is -1.01. The number of carbonyl (C=O) groups excluding carboxylic acids is 2. The number of hydrogen-bond donors (Lipinski definition) is 0. The minimum absolute atomic E-state index is 0. The van der Waals surface area contributed by atoms with Gasteiger partial charge >= 0.3 is 63.3 Å². The molecule has 0 aliphatic carbocycles. The Hall–Kier alpha value is 0.256. The van der Waals surface area contributed by atoms with Gasteiger partial charge in [0.1, 0.15) is 0 Å². The van der Waals surface area contributed by atoms with E-state index in [0.29, 0.717) is 6.42 Å². The van der Waals surface area contributed by atoms with E-state index >= 15 is 0 Å². The predicted octanol–water partition coefficient (Wildman–Crippen LogP) is 5.24. The molecule has 0 aromatic carbocycles. The number of esters is 2. The molecule has 0 aliphatic heterocycles. The van der Waals surface area contributed by atoms with Gasteiger partial charge < -0.3 is 4.74 Å². The van der Waals surface area contributed by atoms with Crippen molar-refractivity contribution in [2.24, 2.45) is 0 Å². The summed E-state index contributed by atoms with van der Waals surface area (Å²) in [6, 6.07) is 0. The van der Waals surface area contributed by atoms with E-state index in [4.69, 9.17) is 4.74 Å². The van der Waals surface area contributed by atoms with Crippen LogP contribution >= 0.6 is 0 Å². The van der Waals surface area contributed by atoms with E-state index in [1.807, 2.05) is 6.92 Å². The van der Waals surface area contributed by atoms with Crippen LogP contribution in [-0.2, 0) is 14.3 Å². The van der Waals surface area contributed by atoms with Crippen LogP contribution in [0.15, 0.2) is 24.3 Å². The van der Waals surface area contributed by atoms with Crippen LogP contribution in [0.25, 0.3) is 0 Å². The summed E-state index contributed by atoms with van der Waals surface area (Å²) in [4.78, 5) is 22.7. The molecular weight excluding hydrogens is 327 g/mol. The zero-order chi connectivity index (χ0) is 17.2. The van der Waals surface area contributed by atoms with E-state index in [1.54, 1.807) is 18.2 Å². The summed E-state index contributed by atoms with van der Waals surface area (Å²) >= 11 is 0. The molecule has 0 fully saturated rings. The van der Waals surface area contributed by atoms with Gasteiger partial charge in [-0.15, -0.1) is 0 Å². The number of unbranched alkanes of at least 4 members (excludes halogenated alkanes) is 10. The molecule has 24 heavy (non-hydrogen) atoms. The average Bonchev–Trinajstić information content (AvgIpc) is 2.52. The number of hydrogen-bond acceptors (Lipinski definition) is 3. The van der Waals surface area contributed by atoms with Crippen molar-refractivity contribution < 1.29 is 14.3 Å². The Morgan fingerprint density at radius 2 is 1.29 bits per heavy atom. The molecule has 0 bridgehead atoms. The van der Waals surface area contributed by atoms with Crippen molar-refractivity contribution in [2.75, 3.05) is 0 Å². The van der Waals surface area contributed by atoms with E-state index in [0.717, 1.165) is 19.3 Å². The molecule has 0 radical (unpaired) electrons. The van der Waals surface area contributed by atoms with Gasteiger partial charge in [0.2, 0.25) is 0 Å².